The van der Waals surface area contributed by atoms with Gasteiger partial charge >= 0.3 is 20.1 Å². The maximum atomic E-state index is 12.1. The van der Waals surface area contributed by atoms with Crippen molar-refractivity contribution in [1.29, 1.82) is 0 Å². The second-order valence-electron chi connectivity index (χ2n) is 4.94. The number of alkyl halides is 6. The summed E-state index contributed by atoms with van der Waals surface area (Å²) in [6.07, 6.45) is -9.67. The molecule has 0 heterocycles. The van der Waals surface area contributed by atoms with Crippen molar-refractivity contribution in [2.24, 2.45) is 0 Å². The van der Waals surface area contributed by atoms with Gasteiger partial charge < -0.3 is 0 Å². The van der Waals surface area contributed by atoms with Crippen LogP contribution in [-0.2, 0) is 13.6 Å². The fourth-order valence-electron chi connectivity index (χ4n) is 0.887. The van der Waals surface area contributed by atoms with E-state index in [1.54, 1.807) is 0 Å². The molecule has 0 aromatic rings. The molecule has 20 heavy (non-hydrogen) atoms. The summed E-state index contributed by atoms with van der Waals surface area (Å²) < 4.78 is 93.5. The van der Waals surface area contributed by atoms with E-state index in [9.17, 15) is 30.9 Å². The van der Waals surface area contributed by atoms with E-state index >= 15 is 0 Å². The molecule has 0 radical (unpaired) electrons. The zero-order chi connectivity index (χ0) is 16.4. The molecule has 0 amide bonds. The molecule has 0 bridgehead atoms. The zero-order valence-corrected chi connectivity index (χ0v) is 12.2. The highest BCUT2D eigenvalue weighted by atomic mass is 31.2. The molecular weight excluding hydrogens is 315 g/mol. The van der Waals surface area contributed by atoms with E-state index < -0.39 is 38.9 Å². The Labute approximate surface area is 112 Å². The third kappa shape index (κ3) is 7.47. The average Bonchev–Trinajstić information content (AvgIpc) is 2.19. The summed E-state index contributed by atoms with van der Waals surface area (Å²) in [5.41, 5.74) is -1.02. The number of halogens is 6. The van der Waals surface area contributed by atoms with Crippen molar-refractivity contribution < 1.29 is 40.0 Å². The summed E-state index contributed by atoms with van der Waals surface area (Å²) in [6.45, 7) is 0.375. The van der Waals surface area contributed by atoms with Crippen molar-refractivity contribution in [1.82, 2.24) is 4.67 Å². The molecule has 0 atom stereocenters. The molecule has 0 spiro atoms. The Bertz CT molecular complexity index is 340. The van der Waals surface area contributed by atoms with Gasteiger partial charge in [-0.25, -0.2) is 9.24 Å². The van der Waals surface area contributed by atoms with Crippen LogP contribution in [0.2, 0.25) is 0 Å². The highest BCUT2D eigenvalue weighted by molar-refractivity contribution is 7.51. The molecule has 0 N–H and O–H groups in total. The Morgan fingerprint density at radius 1 is 0.900 bits per heavy atom. The Hall–Kier alpha value is -0.310. The normalized spacial score (nSPS) is 14.9. The zero-order valence-electron chi connectivity index (χ0n) is 11.3. The molecule has 0 aromatic carbocycles. The first-order valence-electron chi connectivity index (χ1n) is 5.34. The highest BCUT2D eigenvalue weighted by Crippen LogP contribution is 2.55. The van der Waals surface area contributed by atoms with Gasteiger partial charge in [-0.1, -0.05) is 0 Å². The lowest BCUT2D eigenvalue weighted by Crippen LogP contribution is -2.38. The molecule has 0 saturated carbocycles. The lowest BCUT2D eigenvalue weighted by Gasteiger charge is -2.36. The van der Waals surface area contributed by atoms with Gasteiger partial charge in [0.1, 0.15) is 0 Å². The SMILES string of the molecule is CN(C(C)(C)C)P(=O)(OCC(F)(F)F)OCC(F)(F)F. The van der Waals surface area contributed by atoms with E-state index in [-0.39, 0.29) is 0 Å². The Kier molecular flexibility index (Phi) is 6.11. The van der Waals surface area contributed by atoms with Gasteiger partial charge in [-0.2, -0.15) is 26.3 Å². The monoisotopic (exact) mass is 331 g/mol. The van der Waals surface area contributed by atoms with Crippen LogP contribution in [0.5, 0.6) is 0 Å². The van der Waals surface area contributed by atoms with Crippen LogP contribution >= 0.6 is 7.75 Å². The van der Waals surface area contributed by atoms with Crippen molar-refractivity contribution in [3.8, 4) is 0 Å². The van der Waals surface area contributed by atoms with Crippen molar-refractivity contribution in [3.05, 3.63) is 0 Å². The summed E-state index contributed by atoms with van der Waals surface area (Å²) in [4.78, 5) is 0. The molecule has 0 aliphatic carbocycles. The van der Waals surface area contributed by atoms with Crippen LogP contribution < -0.4 is 0 Å². The van der Waals surface area contributed by atoms with E-state index in [0.29, 0.717) is 0 Å². The molecule has 11 heteroatoms. The molecule has 0 unspecified atom stereocenters. The number of rotatable bonds is 5. The second-order valence-corrected chi connectivity index (χ2v) is 6.99. The Balaban J connectivity index is 5.09. The molecule has 0 aliphatic heterocycles. The summed E-state index contributed by atoms with van der Waals surface area (Å²) in [5.74, 6) is 0. The summed E-state index contributed by atoms with van der Waals surface area (Å²) in [7, 11) is -3.67. The van der Waals surface area contributed by atoms with E-state index in [1.165, 1.54) is 20.8 Å². The molecular formula is C9H16F6NO3P. The molecule has 0 aromatic heterocycles. The van der Waals surface area contributed by atoms with Crippen LogP contribution in [0, 0.1) is 0 Å². The van der Waals surface area contributed by atoms with Gasteiger partial charge in [-0.15, -0.1) is 0 Å². The quantitative estimate of drug-likeness (QED) is 0.564. The molecule has 0 saturated heterocycles. The van der Waals surface area contributed by atoms with Crippen molar-refractivity contribution in [2.75, 3.05) is 20.3 Å². The largest absolute Gasteiger partial charge is 0.412 e. The van der Waals surface area contributed by atoms with Crippen LogP contribution in [0.3, 0.4) is 0 Å². The van der Waals surface area contributed by atoms with Gasteiger partial charge in [0, 0.05) is 5.54 Å². The molecule has 4 nitrogen and oxygen atoms in total. The van der Waals surface area contributed by atoms with Gasteiger partial charge in [-0.3, -0.25) is 9.05 Å². The van der Waals surface area contributed by atoms with Crippen LogP contribution in [0.4, 0.5) is 26.3 Å². The van der Waals surface area contributed by atoms with Gasteiger partial charge in [0.25, 0.3) is 0 Å². The minimum absolute atomic E-state index is 0.720. The van der Waals surface area contributed by atoms with E-state index in [0.717, 1.165) is 11.7 Å². The molecule has 0 fully saturated rings. The third-order valence-electron chi connectivity index (χ3n) is 2.12. The first-order chi connectivity index (χ1) is 8.57. The van der Waals surface area contributed by atoms with Gasteiger partial charge in [-0.05, 0) is 27.8 Å². The van der Waals surface area contributed by atoms with Gasteiger partial charge in [0.2, 0.25) is 0 Å². The maximum absolute atomic E-state index is 12.1. The molecule has 0 aliphatic rings. The fourth-order valence-corrected chi connectivity index (χ4v) is 2.66. The predicted octanol–water partition coefficient (Wildman–Crippen LogP) is 3.98. The number of hydrogen-bond donors (Lipinski definition) is 0. The van der Waals surface area contributed by atoms with Crippen molar-refractivity contribution in [2.45, 2.75) is 38.7 Å². The minimum Gasteiger partial charge on any atom is -0.287 e. The first kappa shape index (κ1) is 19.7. The van der Waals surface area contributed by atoms with Crippen LogP contribution in [-0.4, -0.2) is 42.8 Å². The highest BCUT2D eigenvalue weighted by Gasteiger charge is 2.44. The predicted molar refractivity (Wildman–Crippen MR) is 59.1 cm³/mol. The fraction of sp³-hybridized carbons (Fsp3) is 1.00. The smallest absolute Gasteiger partial charge is 0.287 e. The second kappa shape index (κ2) is 6.21. The van der Waals surface area contributed by atoms with Gasteiger partial charge in [0.05, 0.1) is 0 Å². The van der Waals surface area contributed by atoms with E-state index in [1.807, 2.05) is 0 Å². The van der Waals surface area contributed by atoms with Crippen molar-refractivity contribution in [3.63, 3.8) is 0 Å². The minimum atomic E-state index is -4.84. The topological polar surface area (TPSA) is 38.8 Å². The summed E-state index contributed by atoms with van der Waals surface area (Å²) in [5, 5.41) is 0. The standard InChI is InChI=1S/C9H16F6NO3P/c1-7(2,3)16(4)20(17,18-5-8(10,11)12)19-6-9(13,14)15/h5-6H2,1-4H3. The summed E-state index contributed by atoms with van der Waals surface area (Å²) >= 11 is 0. The van der Waals surface area contributed by atoms with Crippen LogP contribution in [0.1, 0.15) is 20.8 Å². The van der Waals surface area contributed by atoms with Crippen LogP contribution in [0.25, 0.3) is 0 Å². The Morgan fingerprint density at radius 2 is 1.20 bits per heavy atom. The first-order valence-corrected chi connectivity index (χ1v) is 6.83. The maximum Gasteiger partial charge on any atom is 0.412 e. The molecule has 0 rings (SSSR count). The number of hydrogen-bond acceptors (Lipinski definition) is 3. The molecule has 122 valence electrons. The number of nitrogens with zero attached hydrogens (tertiary/aromatic N) is 1. The lowest BCUT2D eigenvalue weighted by molar-refractivity contribution is -0.168. The summed E-state index contributed by atoms with van der Waals surface area (Å²) in [6, 6.07) is 0. The lowest BCUT2D eigenvalue weighted by atomic mass is 10.1. The Morgan fingerprint density at radius 3 is 1.40 bits per heavy atom. The van der Waals surface area contributed by atoms with E-state index in [2.05, 4.69) is 9.05 Å². The van der Waals surface area contributed by atoms with Crippen molar-refractivity contribution >= 4 is 7.75 Å². The van der Waals surface area contributed by atoms with E-state index in [4.69, 9.17) is 0 Å². The third-order valence-corrected chi connectivity index (χ3v) is 4.37. The van der Waals surface area contributed by atoms with Gasteiger partial charge in [0.15, 0.2) is 13.2 Å². The van der Waals surface area contributed by atoms with Crippen LogP contribution in [0.15, 0.2) is 0 Å². The average molecular weight is 331 g/mol.